The Hall–Kier alpha value is -1.89. The largest absolute Gasteiger partial charge is 0.362 e. The summed E-state index contributed by atoms with van der Waals surface area (Å²) in [6.45, 7) is 4.22. The molecule has 0 unspecified atom stereocenters. The molecule has 0 atom stereocenters. The van der Waals surface area contributed by atoms with Crippen molar-refractivity contribution < 1.29 is 0 Å². The first-order chi connectivity index (χ1) is 9.20. The fraction of sp³-hybridized carbons (Fsp3) is 0.455. The number of H-pyrrole nitrogens is 1. The zero-order chi connectivity index (χ0) is 13.4. The summed E-state index contributed by atoms with van der Waals surface area (Å²) in [6, 6.07) is 0. The minimum atomic E-state index is -0.373. The van der Waals surface area contributed by atoms with Crippen LogP contribution >= 0.6 is 11.6 Å². The van der Waals surface area contributed by atoms with Crippen LogP contribution in [0, 0.1) is 0 Å². The molecule has 0 bridgehead atoms. The Morgan fingerprint density at radius 3 is 3.16 bits per heavy atom. The summed E-state index contributed by atoms with van der Waals surface area (Å²) in [4.78, 5) is 13.5. The van der Waals surface area contributed by atoms with Gasteiger partial charge in [-0.15, -0.1) is 5.10 Å². The molecule has 3 rings (SSSR count). The van der Waals surface area contributed by atoms with Gasteiger partial charge in [0.15, 0.2) is 0 Å². The predicted octanol–water partition coefficient (Wildman–Crippen LogP) is 0.597. The molecule has 3 heterocycles. The van der Waals surface area contributed by atoms with Gasteiger partial charge in [-0.05, 0) is 6.92 Å². The number of aromatic nitrogens is 5. The topological polar surface area (TPSA) is 79.7 Å². The van der Waals surface area contributed by atoms with Crippen LogP contribution in [0.25, 0.3) is 0 Å². The number of nitrogens with zero attached hydrogens (tertiary/aromatic N) is 5. The molecular formula is C11H13ClN6O. The summed E-state index contributed by atoms with van der Waals surface area (Å²) >= 11 is 6.02. The molecule has 0 saturated heterocycles. The number of hydrogen-bond acceptors (Lipinski definition) is 5. The lowest BCUT2D eigenvalue weighted by Gasteiger charge is -2.28. The molecule has 0 aromatic carbocycles. The van der Waals surface area contributed by atoms with Crippen molar-refractivity contribution in [3.8, 4) is 0 Å². The quantitative estimate of drug-likeness (QED) is 0.871. The van der Waals surface area contributed by atoms with Crippen LogP contribution in [0.3, 0.4) is 0 Å². The number of fused-ring (bicyclic) bond motifs is 1. The predicted molar refractivity (Wildman–Crippen MR) is 70.3 cm³/mol. The molecule has 19 heavy (non-hydrogen) atoms. The van der Waals surface area contributed by atoms with Crippen LogP contribution in [0.1, 0.15) is 18.3 Å². The Kier molecular flexibility index (Phi) is 2.98. The molecule has 2 aromatic rings. The molecule has 1 N–H and O–H groups in total. The van der Waals surface area contributed by atoms with Crippen LogP contribution in [0.2, 0.25) is 5.02 Å². The monoisotopic (exact) mass is 280 g/mol. The van der Waals surface area contributed by atoms with E-state index in [1.807, 2.05) is 16.5 Å². The lowest BCUT2D eigenvalue weighted by molar-refractivity contribution is 0.588. The summed E-state index contributed by atoms with van der Waals surface area (Å²) in [5.41, 5.74) is 2.36. The normalized spacial score (nSPS) is 14.5. The Morgan fingerprint density at radius 1 is 1.53 bits per heavy atom. The highest BCUT2D eigenvalue weighted by Gasteiger charge is 2.24. The number of anilines is 1. The maximum Gasteiger partial charge on any atom is 0.285 e. The van der Waals surface area contributed by atoms with Gasteiger partial charge in [0.1, 0.15) is 10.7 Å². The zero-order valence-corrected chi connectivity index (χ0v) is 11.2. The highest BCUT2D eigenvalue weighted by Crippen LogP contribution is 2.26. The van der Waals surface area contributed by atoms with Crippen LogP contribution in [0.4, 0.5) is 5.69 Å². The van der Waals surface area contributed by atoms with Crippen LogP contribution < -0.4 is 10.5 Å². The molecule has 7 nitrogen and oxygen atoms in total. The van der Waals surface area contributed by atoms with E-state index < -0.39 is 0 Å². The fourth-order valence-electron chi connectivity index (χ4n) is 2.32. The Labute approximate surface area is 114 Å². The van der Waals surface area contributed by atoms with E-state index in [9.17, 15) is 4.79 Å². The molecule has 0 fully saturated rings. The number of nitrogens with one attached hydrogen (secondary N) is 1. The standard InChI is InChI=1S/C11H13ClN6O/c1-2-18-8-3-4-17(6-7(8)14-16-18)9-5-13-15-11(19)10(9)12/h5H,2-4,6H2,1H3,(H,15,19). The van der Waals surface area contributed by atoms with Crippen LogP contribution in [-0.4, -0.2) is 31.7 Å². The molecule has 0 saturated carbocycles. The van der Waals surface area contributed by atoms with Gasteiger partial charge in [-0.3, -0.25) is 4.79 Å². The summed E-state index contributed by atoms with van der Waals surface area (Å²) in [6.07, 6.45) is 2.40. The molecule has 100 valence electrons. The first-order valence-electron chi connectivity index (χ1n) is 6.10. The maximum atomic E-state index is 11.5. The van der Waals surface area contributed by atoms with Crippen molar-refractivity contribution in [2.45, 2.75) is 26.4 Å². The van der Waals surface area contributed by atoms with Crippen molar-refractivity contribution in [1.29, 1.82) is 0 Å². The van der Waals surface area contributed by atoms with Crippen molar-refractivity contribution in [2.75, 3.05) is 11.4 Å². The molecule has 2 aromatic heterocycles. The number of aromatic amines is 1. The SMILES string of the molecule is CCn1nnc2c1CCN(c1cn[nH]c(=O)c1Cl)C2. The average Bonchev–Trinajstić information content (AvgIpc) is 2.84. The highest BCUT2D eigenvalue weighted by molar-refractivity contribution is 6.32. The van der Waals surface area contributed by atoms with E-state index in [4.69, 9.17) is 11.6 Å². The smallest absolute Gasteiger partial charge is 0.285 e. The second-order valence-electron chi connectivity index (χ2n) is 4.37. The van der Waals surface area contributed by atoms with Gasteiger partial charge in [0.25, 0.3) is 5.56 Å². The van der Waals surface area contributed by atoms with Crippen LogP contribution in [0.15, 0.2) is 11.0 Å². The van der Waals surface area contributed by atoms with E-state index in [-0.39, 0.29) is 10.6 Å². The van der Waals surface area contributed by atoms with Gasteiger partial charge in [-0.25, -0.2) is 9.78 Å². The van der Waals surface area contributed by atoms with Gasteiger partial charge in [0.05, 0.1) is 24.1 Å². The van der Waals surface area contributed by atoms with Crippen LogP contribution in [-0.2, 0) is 19.5 Å². The first-order valence-corrected chi connectivity index (χ1v) is 6.48. The highest BCUT2D eigenvalue weighted by atomic mass is 35.5. The number of hydrogen-bond donors (Lipinski definition) is 1. The van der Waals surface area contributed by atoms with E-state index in [2.05, 4.69) is 20.5 Å². The second-order valence-corrected chi connectivity index (χ2v) is 4.75. The van der Waals surface area contributed by atoms with Crippen molar-refractivity contribution in [3.63, 3.8) is 0 Å². The summed E-state index contributed by atoms with van der Waals surface area (Å²) in [5, 5.41) is 14.6. The van der Waals surface area contributed by atoms with Crippen molar-refractivity contribution in [1.82, 2.24) is 25.2 Å². The van der Waals surface area contributed by atoms with Gasteiger partial charge < -0.3 is 4.90 Å². The minimum absolute atomic E-state index is 0.168. The van der Waals surface area contributed by atoms with E-state index in [1.165, 1.54) is 0 Å². The third-order valence-corrected chi connectivity index (χ3v) is 3.66. The molecular weight excluding hydrogens is 268 g/mol. The van der Waals surface area contributed by atoms with Gasteiger partial charge in [0, 0.05) is 19.5 Å². The lowest BCUT2D eigenvalue weighted by Crippen LogP contribution is -2.32. The van der Waals surface area contributed by atoms with E-state index in [1.54, 1.807) is 6.20 Å². The van der Waals surface area contributed by atoms with Crippen LogP contribution in [0.5, 0.6) is 0 Å². The lowest BCUT2D eigenvalue weighted by atomic mass is 10.1. The average molecular weight is 281 g/mol. The van der Waals surface area contributed by atoms with Gasteiger partial charge in [0.2, 0.25) is 0 Å². The van der Waals surface area contributed by atoms with Crippen molar-refractivity contribution in [3.05, 3.63) is 33.0 Å². The fourth-order valence-corrected chi connectivity index (χ4v) is 2.53. The van der Waals surface area contributed by atoms with Gasteiger partial charge in [-0.2, -0.15) is 5.10 Å². The van der Waals surface area contributed by atoms with E-state index in [0.29, 0.717) is 12.2 Å². The molecule has 8 heteroatoms. The second kappa shape index (κ2) is 4.65. The maximum absolute atomic E-state index is 11.5. The number of aryl methyl sites for hydroxylation is 1. The van der Waals surface area contributed by atoms with Gasteiger partial charge in [-0.1, -0.05) is 16.8 Å². The molecule has 0 spiro atoms. The summed E-state index contributed by atoms with van der Waals surface area (Å²) in [7, 11) is 0. The minimum Gasteiger partial charge on any atom is -0.362 e. The number of halogens is 1. The molecule has 1 aliphatic heterocycles. The van der Waals surface area contributed by atoms with Gasteiger partial charge >= 0.3 is 0 Å². The van der Waals surface area contributed by atoms with Crippen molar-refractivity contribution >= 4 is 17.3 Å². The van der Waals surface area contributed by atoms with Crippen molar-refractivity contribution in [2.24, 2.45) is 0 Å². The number of rotatable bonds is 2. The Morgan fingerprint density at radius 2 is 2.37 bits per heavy atom. The molecule has 1 aliphatic rings. The molecule has 0 radical (unpaired) electrons. The Bertz CT molecular complexity index is 663. The summed E-state index contributed by atoms with van der Waals surface area (Å²) < 4.78 is 1.91. The third-order valence-electron chi connectivity index (χ3n) is 3.29. The third kappa shape index (κ3) is 1.99. The van der Waals surface area contributed by atoms with E-state index in [0.717, 1.165) is 30.9 Å². The zero-order valence-electron chi connectivity index (χ0n) is 10.4. The molecule has 0 amide bonds. The Balaban J connectivity index is 1.94. The summed E-state index contributed by atoms with van der Waals surface area (Å²) in [5.74, 6) is 0. The first kappa shape index (κ1) is 12.2. The van der Waals surface area contributed by atoms with E-state index >= 15 is 0 Å². The molecule has 0 aliphatic carbocycles.